The van der Waals surface area contributed by atoms with Gasteiger partial charge in [-0.2, -0.15) is 0 Å². The van der Waals surface area contributed by atoms with Gasteiger partial charge >= 0.3 is 0 Å². The van der Waals surface area contributed by atoms with Crippen LogP contribution in [0, 0.1) is 12.7 Å². The van der Waals surface area contributed by atoms with Crippen LogP contribution in [0.4, 0.5) is 10.2 Å². The van der Waals surface area contributed by atoms with Gasteiger partial charge in [0.2, 0.25) is 0 Å². The molecule has 0 amide bonds. The van der Waals surface area contributed by atoms with Crippen molar-refractivity contribution in [2.24, 2.45) is 0 Å². The van der Waals surface area contributed by atoms with Crippen molar-refractivity contribution in [1.82, 2.24) is 9.97 Å². The third kappa shape index (κ3) is 1.78. The number of nitrogens with one attached hydrogen (secondary N) is 1. The first-order valence-corrected chi connectivity index (χ1v) is 3.57. The predicted octanol–water partition coefficient (Wildman–Crippen LogP) is 1.52. The quantitative estimate of drug-likeness (QED) is 0.693. The third-order valence-electron chi connectivity index (χ3n) is 1.38. The molecule has 1 heterocycles. The highest BCUT2D eigenvalue weighted by molar-refractivity contribution is 5.37. The lowest BCUT2D eigenvalue weighted by molar-refractivity contribution is 0.605. The number of aryl methyl sites for hydroxylation is 1. The van der Waals surface area contributed by atoms with Crippen LogP contribution in [0.15, 0.2) is 19.0 Å². The molecule has 1 rings (SSSR count). The van der Waals surface area contributed by atoms with Crippen molar-refractivity contribution in [2.75, 3.05) is 11.9 Å². The van der Waals surface area contributed by atoms with Crippen LogP contribution in [0.1, 0.15) is 5.69 Å². The van der Waals surface area contributed by atoms with E-state index in [4.69, 9.17) is 0 Å². The molecule has 0 fully saturated rings. The standard InChI is InChI=1S/C8H10FN3/c1-3-4-10-8-7(9)6(2)11-5-12-8/h3,5H,1,4H2,2H3,(H,10,11,12). The van der Waals surface area contributed by atoms with Gasteiger partial charge < -0.3 is 5.32 Å². The summed E-state index contributed by atoms with van der Waals surface area (Å²) in [4.78, 5) is 7.43. The van der Waals surface area contributed by atoms with Crippen LogP contribution in [0.3, 0.4) is 0 Å². The molecular weight excluding hydrogens is 157 g/mol. The summed E-state index contributed by atoms with van der Waals surface area (Å²) < 4.78 is 13.1. The summed E-state index contributed by atoms with van der Waals surface area (Å²) in [5.74, 6) is -0.179. The molecule has 0 aliphatic heterocycles. The van der Waals surface area contributed by atoms with E-state index in [0.29, 0.717) is 12.2 Å². The highest BCUT2D eigenvalue weighted by Gasteiger charge is 2.04. The molecular formula is C8H10FN3. The molecule has 1 N–H and O–H groups in total. The fourth-order valence-corrected chi connectivity index (χ4v) is 0.750. The van der Waals surface area contributed by atoms with Gasteiger partial charge in [0.15, 0.2) is 11.6 Å². The van der Waals surface area contributed by atoms with E-state index in [9.17, 15) is 4.39 Å². The lowest BCUT2D eigenvalue weighted by atomic mass is 10.4. The number of nitrogens with zero attached hydrogens (tertiary/aromatic N) is 2. The predicted molar refractivity (Wildman–Crippen MR) is 45.4 cm³/mol. The second-order valence-corrected chi connectivity index (χ2v) is 2.29. The van der Waals surface area contributed by atoms with Crippen LogP contribution in [-0.2, 0) is 0 Å². The smallest absolute Gasteiger partial charge is 0.186 e. The van der Waals surface area contributed by atoms with Crippen molar-refractivity contribution in [3.8, 4) is 0 Å². The van der Waals surface area contributed by atoms with Gasteiger partial charge in [0.05, 0.1) is 5.69 Å². The second-order valence-electron chi connectivity index (χ2n) is 2.29. The molecule has 0 saturated heterocycles. The van der Waals surface area contributed by atoms with Crippen LogP contribution in [0.2, 0.25) is 0 Å². The molecule has 1 aromatic rings. The maximum absolute atomic E-state index is 13.1. The molecule has 4 heteroatoms. The van der Waals surface area contributed by atoms with Gasteiger partial charge in [-0.25, -0.2) is 14.4 Å². The summed E-state index contributed by atoms with van der Waals surface area (Å²) in [6.07, 6.45) is 2.96. The minimum Gasteiger partial charge on any atom is -0.364 e. The summed E-state index contributed by atoms with van der Waals surface area (Å²) >= 11 is 0. The van der Waals surface area contributed by atoms with E-state index in [1.807, 2.05) is 0 Å². The normalized spacial score (nSPS) is 9.50. The van der Waals surface area contributed by atoms with Crippen molar-refractivity contribution in [3.63, 3.8) is 0 Å². The molecule has 64 valence electrons. The average Bonchev–Trinajstić information content (AvgIpc) is 2.08. The van der Waals surface area contributed by atoms with E-state index in [1.54, 1.807) is 13.0 Å². The molecule has 0 spiro atoms. The number of halogens is 1. The zero-order valence-corrected chi connectivity index (χ0v) is 6.84. The first-order valence-electron chi connectivity index (χ1n) is 3.57. The van der Waals surface area contributed by atoms with Crippen LogP contribution >= 0.6 is 0 Å². The molecule has 1 aromatic heterocycles. The minimum atomic E-state index is -0.403. The molecule has 0 aromatic carbocycles. The van der Waals surface area contributed by atoms with E-state index in [2.05, 4.69) is 21.9 Å². The van der Waals surface area contributed by atoms with Crippen molar-refractivity contribution in [3.05, 3.63) is 30.5 Å². The average molecular weight is 167 g/mol. The summed E-state index contributed by atoms with van der Waals surface area (Å²) in [5, 5.41) is 2.76. The van der Waals surface area contributed by atoms with E-state index < -0.39 is 5.82 Å². The number of hydrogen-bond donors (Lipinski definition) is 1. The maximum Gasteiger partial charge on any atom is 0.186 e. The molecule has 0 saturated carbocycles. The monoisotopic (exact) mass is 167 g/mol. The van der Waals surface area contributed by atoms with Gasteiger partial charge in [-0.1, -0.05) is 6.08 Å². The van der Waals surface area contributed by atoms with Gasteiger partial charge in [0.25, 0.3) is 0 Å². The fraction of sp³-hybridized carbons (Fsp3) is 0.250. The molecule has 0 bridgehead atoms. The Morgan fingerprint density at radius 2 is 2.42 bits per heavy atom. The van der Waals surface area contributed by atoms with Crippen molar-refractivity contribution < 1.29 is 4.39 Å². The van der Waals surface area contributed by atoms with E-state index in [1.165, 1.54) is 6.33 Å². The number of aromatic nitrogens is 2. The summed E-state index contributed by atoms with van der Waals surface area (Å²) in [6.45, 7) is 5.59. The second kappa shape index (κ2) is 3.80. The zero-order chi connectivity index (χ0) is 8.97. The molecule has 0 aliphatic rings. The molecule has 0 radical (unpaired) electrons. The van der Waals surface area contributed by atoms with Gasteiger partial charge in [-0.15, -0.1) is 6.58 Å². The maximum atomic E-state index is 13.1. The van der Waals surface area contributed by atoms with Gasteiger partial charge in [-0.3, -0.25) is 0 Å². The topological polar surface area (TPSA) is 37.8 Å². The van der Waals surface area contributed by atoms with Crippen molar-refractivity contribution >= 4 is 5.82 Å². The van der Waals surface area contributed by atoms with E-state index >= 15 is 0 Å². The Kier molecular flexibility index (Phi) is 2.74. The summed E-state index contributed by atoms with van der Waals surface area (Å²) in [5.41, 5.74) is 0.344. The Labute approximate surface area is 70.4 Å². The van der Waals surface area contributed by atoms with E-state index in [0.717, 1.165) is 0 Å². The number of anilines is 1. The molecule has 0 unspecified atom stereocenters. The first-order chi connectivity index (χ1) is 5.75. The van der Waals surface area contributed by atoms with Crippen molar-refractivity contribution in [1.29, 1.82) is 0 Å². The lowest BCUT2D eigenvalue weighted by Gasteiger charge is -2.03. The lowest BCUT2D eigenvalue weighted by Crippen LogP contribution is -2.04. The van der Waals surface area contributed by atoms with Gasteiger partial charge in [-0.05, 0) is 6.92 Å². The van der Waals surface area contributed by atoms with Gasteiger partial charge in [0, 0.05) is 6.54 Å². The molecule has 12 heavy (non-hydrogen) atoms. The first kappa shape index (κ1) is 8.64. The Morgan fingerprint density at radius 1 is 1.67 bits per heavy atom. The van der Waals surface area contributed by atoms with Crippen LogP contribution in [0.25, 0.3) is 0 Å². The highest BCUT2D eigenvalue weighted by Crippen LogP contribution is 2.10. The Balaban J connectivity index is 2.84. The van der Waals surface area contributed by atoms with Crippen LogP contribution in [0.5, 0.6) is 0 Å². The Hall–Kier alpha value is -1.45. The third-order valence-corrected chi connectivity index (χ3v) is 1.38. The zero-order valence-electron chi connectivity index (χ0n) is 6.84. The van der Waals surface area contributed by atoms with Gasteiger partial charge in [0.1, 0.15) is 6.33 Å². The van der Waals surface area contributed by atoms with E-state index in [-0.39, 0.29) is 5.82 Å². The van der Waals surface area contributed by atoms with Crippen molar-refractivity contribution in [2.45, 2.75) is 6.92 Å². The number of hydrogen-bond acceptors (Lipinski definition) is 3. The largest absolute Gasteiger partial charge is 0.364 e. The fourth-order valence-electron chi connectivity index (χ4n) is 0.750. The van der Waals surface area contributed by atoms with Crippen LogP contribution in [-0.4, -0.2) is 16.5 Å². The molecule has 0 atom stereocenters. The SMILES string of the molecule is C=CCNc1ncnc(C)c1F. The highest BCUT2D eigenvalue weighted by atomic mass is 19.1. The summed E-state index contributed by atoms with van der Waals surface area (Å²) in [6, 6.07) is 0. The molecule has 0 aliphatic carbocycles. The Morgan fingerprint density at radius 3 is 3.08 bits per heavy atom. The Bertz CT molecular complexity index is 286. The number of rotatable bonds is 3. The summed E-state index contributed by atoms with van der Waals surface area (Å²) in [7, 11) is 0. The van der Waals surface area contributed by atoms with Crippen LogP contribution < -0.4 is 5.32 Å². The molecule has 3 nitrogen and oxygen atoms in total. The minimum absolute atomic E-state index is 0.224.